The van der Waals surface area contributed by atoms with Crippen molar-refractivity contribution in [3.63, 3.8) is 0 Å². The van der Waals surface area contributed by atoms with E-state index >= 15 is 0 Å². The molecule has 0 fully saturated rings. The Kier molecular flexibility index (Phi) is 6.62. The van der Waals surface area contributed by atoms with Crippen molar-refractivity contribution in [2.24, 2.45) is 0 Å². The monoisotopic (exact) mass is 622 g/mol. The van der Waals surface area contributed by atoms with E-state index in [4.69, 9.17) is 4.98 Å². The summed E-state index contributed by atoms with van der Waals surface area (Å²) in [6.45, 7) is 13.6. The molecule has 8 rings (SSSR count). The molecule has 3 aromatic heterocycles. The van der Waals surface area contributed by atoms with Crippen LogP contribution in [0.4, 0.5) is 0 Å². The van der Waals surface area contributed by atoms with Gasteiger partial charge in [-0.1, -0.05) is 102 Å². The molecule has 0 aliphatic carbocycles. The predicted octanol–water partition coefficient (Wildman–Crippen LogP) is 11.4. The third-order valence-corrected chi connectivity index (χ3v) is 9.74. The summed E-state index contributed by atoms with van der Waals surface area (Å²) in [5.74, 6) is 0.851. The number of rotatable bonds is 3. The first-order valence-electron chi connectivity index (χ1n) is 16.6. The molecular formula is C44H38N4. The summed E-state index contributed by atoms with van der Waals surface area (Å²) < 4.78 is 4.64. The minimum absolute atomic E-state index is 0.0319. The standard InChI is InChI=1S/C44H38N4/c1-43(2,3)30-19-21-39-35(23-30)32-11-7-9-13-37(32)47(39)41-27-46-42(25-34(41)29-17-15-28(26-45)16-18-29)48-38-14-10-8-12-33(38)36-24-31(44(4,5)6)20-22-40(36)48/h7-25,27H,1-6H3. The molecule has 0 amide bonds. The zero-order chi connectivity index (χ0) is 33.4. The van der Waals surface area contributed by atoms with E-state index in [1.165, 1.54) is 32.7 Å². The van der Waals surface area contributed by atoms with E-state index in [1.54, 1.807) is 0 Å². The lowest BCUT2D eigenvalue weighted by Gasteiger charge is -2.20. The van der Waals surface area contributed by atoms with Gasteiger partial charge in [0.15, 0.2) is 0 Å². The third-order valence-electron chi connectivity index (χ3n) is 9.74. The Balaban J connectivity index is 1.44. The fraction of sp³-hybridized carbons (Fsp3) is 0.182. The predicted molar refractivity (Wildman–Crippen MR) is 200 cm³/mol. The van der Waals surface area contributed by atoms with E-state index in [-0.39, 0.29) is 10.8 Å². The smallest absolute Gasteiger partial charge is 0.138 e. The van der Waals surface area contributed by atoms with Crippen LogP contribution in [0.1, 0.15) is 58.2 Å². The van der Waals surface area contributed by atoms with Crippen LogP contribution in [0.2, 0.25) is 0 Å². The highest BCUT2D eigenvalue weighted by Gasteiger charge is 2.22. The Bertz CT molecular complexity index is 2580. The van der Waals surface area contributed by atoms with Crippen LogP contribution < -0.4 is 0 Å². The minimum Gasteiger partial charge on any atom is -0.307 e. The van der Waals surface area contributed by atoms with Gasteiger partial charge in [0.1, 0.15) is 5.82 Å². The molecular weight excluding hydrogens is 585 g/mol. The number of nitrogens with zero attached hydrogens (tertiary/aromatic N) is 4. The van der Waals surface area contributed by atoms with Gasteiger partial charge in [0.25, 0.3) is 0 Å². The van der Waals surface area contributed by atoms with Crippen molar-refractivity contribution in [3.05, 3.63) is 138 Å². The first-order chi connectivity index (χ1) is 23.0. The van der Waals surface area contributed by atoms with E-state index < -0.39 is 0 Å². The highest BCUT2D eigenvalue weighted by molar-refractivity contribution is 6.11. The van der Waals surface area contributed by atoms with Gasteiger partial charge in [0.2, 0.25) is 0 Å². The second-order valence-electron chi connectivity index (χ2n) is 14.9. The van der Waals surface area contributed by atoms with Crippen molar-refractivity contribution in [2.45, 2.75) is 52.4 Å². The quantitative estimate of drug-likeness (QED) is 0.197. The molecule has 0 radical (unpaired) electrons. The Morgan fingerprint density at radius 1 is 0.542 bits per heavy atom. The number of aromatic nitrogens is 3. The molecule has 3 heterocycles. The topological polar surface area (TPSA) is 46.5 Å². The number of benzene rings is 5. The lowest BCUT2D eigenvalue weighted by atomic mass is 9.86. The highest BCUT2D eigenvalue weighted by atomic mass is 15.1. The molecule has 4 nitrogen and oxygen atoms in total. The maximum Gasteiger partial charge on any atom is 0.138 e. The number of pyridine rings is 1. The fourth-order valence-corrected chi connectivity index (χ4v) is 7.08. The molecule has 0 aliphatic heterocycles. The maximum absolute atomic E-state index is 9.59. The molecule has 0 atom stereocenters. The van der Waals surface area contributed by atoms with Crippen LogP contribution in [0.25, 0.3) is 66.2 Å². The Labute approximate surface area is 281 Å². The van der Waals surface area contributed by atoms with Crippen molar-refractivity contribution in [1.29, 1.82) is 5.26 Å². The van der Waals surface area contributed by atoms with Crippen molar-refractivity contribution in [3.8, 4) is 28.7 Å². The summed E-state index contributed by atoms with van der Waals surface area (Å²) in [6, 6.07) is 43.3. The second-order valence-corrected chi connectivity index (χ2v) is 14.9. The summed E-state index contributed by atoms with van der Waals surface area (Å²) in [6.07, 6.45) is 2.02. The van der Waals surface area contributed by atoms with Gasteiger partial charge in [-0.15, -0.1) is 0 Å². The van der Waals surface area contributed by atoms with Gasteiger partial charge in [0.05, 0.1) is 45.6 Å². The molecule has 0 saturated carbocycles. The highest BCUT2D eigenvalue weighted by Crippen LogP contribution is 2.40. The van der Waals surface area contributed by atoms with Crippen molar-refractivity contribution in [2.75, 3.05) is 0 Å². The SMILES string of the molecule is CC(C)(C)c1ccc2c(c1)c1ccccc1n2-c1cc(-c2ccc(C#N)cc2)c(-n2c3ccccc3c3cc(C(C)(C)C)ccc32)cn1. The molecule has 0 saturated heterocycles. The first-order valence-corrected chi connectivity index (χ1v) is 16.6. The number of hydrogen-bond acceptors (Lipinski definition) is 2. The Morgan fingerprint density at radius 2 is 1.04 bits per heavy atom. The van der Waals surface area contributed by atoms with Gasteiger partial charge in [-0.3, -0.25) is 4.57 Å². The molecule has 0 N–H and O–H groups in total. The largest absolute Gasteiger partial charge is 0.307 e. The summed E-state index contributed by atoms with van der Waals surface area (Å²) >= 11 is 0. The average molecular weight is 623 g/mol. The van der Waals surface area contributed by atoms with Gasteiger partial charge in [-0.05, 0) is 82.1 Å². The van der Waals surface area contributed by atoms with Crippen LogP contribution in [0.3, 0.4) is 0 Å². The molecule has 5 aromatic carbocycles. The van der Waals surface area contributed by atoms with Crippen molar-refractivity contribution in [1.82, 2.24) is 14.1 Å². The molecule has 4 heteroatoms. The molecule has 8 aromatic rings. The van der Waals surface area contributed by atoms with Crippen LogP contribution in [-0.2, 0) is 10.8 Å². The molecule has 48 heavy (non-hydrogen) atoms. The van der Waals surface area contributed by atoms with Gasteiger partial charge < -0.3 is 4.57 Å². The zero-order valence-corrected chi connectivity index (χ0v) is 28.3. The number of fused-ring (bicyclic) bond motifs is 6. The van der Waals surface area contributed by atoms with E-state index in [0.29, 0.717) is 5.56 Å². The number of nitriles is 1. The fourth-order valence-electron chi connectivity index (χ4n) is 7.08. The maximum atomic E-state index is 9.59. The second kappa shape index (κ2) is 10.7. The van der Waals surface area contributed by atoms with Crippen LogP contribution in [0.15, 0.2) is 121 Å². The number of hydrogen-bond donors (Lipinski definition) is 0. The van der Waals surface area contributed by atoms with E-state index in [1.807, 2.05) is 30.5 Å². The lowest BCUT2D eigenvalue weighted by molar-refractivity contribution is 0.591. The molecule has 0 aliphatic rings. The summed E-state index contributed by atoms with van der Waals surface area (Å²) in [7, 11) is 0. The third kappa shape index (κ3) is 4.69. The lowest BCUT2D eigenvalue weighted by Crippen LogP contribution is -2.10. The van der Waals surface area contributed by atoms with E-state index in [9.17, 15) is 5.26 Å². The van der Waals surface area contributed by atoms with Crippen molar-refractivity contribution < 1.29 is 0 Å². The number of para-hydroxylation sites is 2. The molecule has 0 unspecified atom stereocenters. The van der Waals surface area contributed by atoms with Crippen LogP contribution in [0, 0.1) is 11.3 Å². The Hall–Kier alpha value is -5.66. The average Bonchev–Trinajstić information content (AvgIpc) is 3.59. The van der Waals surface area contributed by atoms with Gasteiger partial charge in [-0.25, -0.2) is 4.98 Å². The van der Waals surface area contributed by atoms with E-state index in [0.717, 1.165) is 44.7 Å². The van der Waals surface area contributed by atoms with Crippen LogP contribution in [-0.4, -0.2) is 14.1 Å². The minimum atomic E-state index is 0.0319. The van der Waals surface area contributed by atoms with Gasteiger partial charge in [-0.2, -0.15) is 5.26 Å². The van der Waals surface area contributed by atoms with Crippen LogP contribution in [0.5, 0.6) is 0 Å². The normalized spacial score (nSPS) is 12.4. The zero-order valence-electron chi connectivity index (χ0n) is 28.3. The van der Waals surface area contributed by atoms with E-state index in [2.05, 4.69) is 148 Å². The molecule has 234 valence electrons. The first kappa shape index (κ1) is 29.7. The van der Waals surface area contributed by atoms with Gasteiger partial charge >= 0.3 is 0 Å². The summed E-state index contributed by atoms with van der Waals surface area (Å²) in [5, 5.41) is 14.5. The van der Waals surface area contributed by atoms with Crippen LogP contribution >= 0.6 is 0 Å². The Morgan fingerprint density at radius 3 is 1.58 bits per heavy atom. The summed E-state index contributed by atoms with van der Waals surface area (Å²) in [4.78, 5) is 5.23. The molecule has 0 bridgehead atoms. The summed E-state index contributed by atoms with van der Waals surface area (Å²) in [5.41, 5.74) is 10.9. The molecule has 0 spiro atoms. The van der Waals surface area contributed by atoms with Crippen molar-refractivity contribution >= 4 is 43.6 Å². The van der Waals surface area contributed by atoms with Gasteiger partial charge in [0, 0.05) is 27.1 Å².